The zero-order valence-electron chi connectivity index (χ0n) is 13.3. The molecule has 0 aromatic heterocycles. The SMILES string of the molecule is Cc1cc(OCC(=O)Nc2ccc(Cl)cc2C(F)(F)F)cc(C)c1Br. The topological polar surface area (TPSA) is 38.3 Å². The van der Waals surface area contributed by atoms with Gasteiger partial charge in [0.1, 0.15) is 5.75 Å². The number of nitrogens with one attached hydrogen (secondary N) is 1. The molecule has 0 saturated heterocycles. The predicted molar refractivity (Wildman–Crippen MR) is 94.2 cm³/mol. The van der Waals surface area contributed by atoms with Gasteiger partial charge in [-0.1, -0.05) is 27.5 Å². The summed E-state index contributed by atoms with van der Waals surface area (Å²) < 4.78 is 45.3. The second-order valence-electron chi connectivity index (χ2n) is 5.40. The van der Waals surface area contributed by atoms with Crippen LogP contribution < -0.4 is 10.1 Å². The Kier molecular flexibility index (Phi) is 6.00. The third kappa shape index (κ3) is 5.12. The van der Waals surface area contributed by atoms with Crippen molar-refractivity contribution in [1.82, 2.24) is 0 Å². The van der Waals surface area contributed by atoms with Crippen molar-refractivity contribution in [3.05, 3.63) is 56.5 Å². The van der Waals surface area contributed by atoms with Gasteiger partial charge in [-0.05, 0) is 55.3 Å². The van der Waals surface area contributed by atoms with Gasteiger partial charge < -0.3 is 10.1 Å². The van der Waals surface area contributed by atoms with Crippen LogP contribution in [0.3, 0.4) is 0 Å². The number of ether oxygens (including phenoxy) is 1. The van der Waals surface area contributed by atoms with Crippen molar-refractivity contribution in [3.63, 3.8) is 0 Å². The average molecular weight is 437 g/mol. The number of alkyl halides is 3. The van der Waals surface area contributed by atoms with Crippen LogP contribution >= 0.6 is 27.5 Å². The molecule has 0 heterocycles. The molecule has 0 radical (unpaired) electrons. The fraction of sp³-hybridized carbons (Fsp3) is 0.235. The van der Waals surface area contributed by atoms with Crippen LogP contribution in [0, 0.1) is 13.8 Å². The van der Waals surface area contributed by atoms with Crippen LogP contribution in [0.1, 0.15) is 16.7 Å². The number of aryl methyl sites for hydroxylation is 2. The lowest BCUT2D eigenvalue weighted by Gasteiger charge is -2.15. The quantitative estimate of drug-likeness (QED) is 0.662. The van der Waals surface area contributed by atoms with Crippen molar-refractivity contribution < 1.29 is 22.7 Å². The van der Waals surface area contributed by atoms with E-state index < -0.39 is 24.3 Å². The zero-order valence-corrected chi connectivity index (χ0v) is 15.6. The fourth-order valence-electron chi connectivity index (χ4n) is 2.18. The van der Waals surface area contributed by atoms with E-state index >= 15 is 0 Å². The standard InChI is InChI=1S/C17H14BrClF3NO2/c1-9-5-12(6-10(2)16(9)18)25-8-15(24)23-14-4-3-11(19)7-13(14)17(20,21)22/h3-7H,8H2,1-2H3,(H,23,24). The number of anilines is 1. The first-order chi connectivity index (χ1) is 11.6. The van der Waals surface area contributed by atoms with E-state index in [1.165, 1.54) is 6.07 Å². The van der Waals surface area contributed by atoms with Crippen LogP contribution in [0.4, 0.5) is 18.9 Å². The Hall–Kier alpha value is -1.73. The molecule has 0 saturated carbocycles. The third-order valence-electron chi connectivity index (χ3n) is 3.34. The fourth-order valence-corrected chi connectivity index (χ4v) is 2.59. The summed E-state index contributed by atoms with van der Waals surface area (Å²) in [6, 6.07) is 6.60. The van der Waals surface area contributed by atoms with Gasteiger partial charge >= 0.3 is 6.18 Å². The molecule has 0 aliphatic carbocycles. The molecule has 134 valence electrons. The molecule has 1 N–H and O–H groups in total. The van der Waals surface area contributed by atoms with Crippen LogP contribution in [0.2, 0.25) is 5.02 Å². The molecule has 0 aliphatic heterocycles. The van der Waals surface area contributed by atoms with Gasteiger partial charge in [0, 0.05) is 9.50 Å². The third-order valence-corrected chi connectivity index (χ3v) is 4.83. The van der Waals surface area contributed by atoms with Crippen molar-refractivity contribution in [3.8, 4) is 5.75 Å². The lowest BCUT2D eigenvalue weighted by molar-refractivity contribution is -0.137. The average Bonchev–Trinajstić information content (AvgIpc) is 2.51. The van der Waals surface area contributed by atoms with E-state index in [0.717, 1.165) is 27.7 Å². The maximum Gasteiger partial charge on any atom is 0.418 e. The number of rotatable bonds is 4. The Balaban J connectivity index is 2.09. The smallest absolute Gasteiger partial charge is 0.418 e. The first-order valence-electron chi connectivity index (χ1n) is 7.14. The van der Waals surface area contributed by atoms with E-state index in [2.05, 4.69) is 21.2 Å². The lowest BCUT2D eigenvalue weighted by Crippen LogP contribution is -2.22. The largest absolute Gasteiger partial charge is 0.484 e. The highest BCUT2D eigenvalue weighted by Gasteiger charge is 2.34. The van der Waals surface area contributed by atoms with E-state index in [4.69, 9.17) is 16.3 Å². The molecule has 2 aromatic carbocycles. The summed E-state index contributed by atoms with van der Waals surface area (Å²) in [5, 5.41) is 2.14. The molecule has 0 unspecified atom stereocenters. The minimum Gasteiger partial charge on any atom is -0.484 e. The molecule has 1 amide bonds. The van der Waals surface area contributed by atoms with Gasteiger partial charge in [0.15, 0.2) is 6.61 Å². The first kappa shape index (κ1) is 19.6. The lowest BCUT2D eigenvalue weighted by atomic mass is 10.1. The van der Waals surface area contributed by atoms with Crippen molar-refractivity contribution in [2.45, 2.75) is 20.0 Å². The summed E-state index contributed by atoms with van der Waals surface area (Å²) in [5.41, 5.74) is 0.470. The van der Waals surface area contributed by atoms with Gasteiger partial charge in [0.2, 0.25) is 0 Å². The number of hydrogen-bond acceptors (Lipinski definition) is 2. The van der Waals surface area contributed by atoms with E-state index in [-0.39, 0.29) is 10.7 Å². The van der Waals surface area contributed by atoms with Crippen molar-refractivity contribution in [1.29, 1.82) is 0 Å². The second-order valence-corrected chi connectivity index (χ2v) is 6.63. The van der Waals surface area contributed by atoms with Crippen molar-refractivity contribution in [2.75, 3.05) is 11.9 Å². The Morgan fingerprint density at radius 1 is 1.20 bits per heavy atom. The summed E-state index contributed by atoms with van der Waals surface area (Å²) in [7, 11) is 0. The van der Waals surface area contributed by atoms with E-state index in [1.807, 2.05) is 13.8 Å². The summed E-state index contributed by atoms with van der Waals surface area (Å²) in [6.07, 6.45) is -4.63. The number of carbonyl (C=O) groups excluding carboxylic acids is 1. The zero-order chi connectivity index (χ0) is 18.8. The number of benzene rings is 2. The van der Waals surface area contributed by atoms with Crippen molar-refractivity contribution in [2.24, 2.45) is 0 Å². The molecular weight excluding hydrogens is 423 g/mol. The maximum absolute atomic E-state index is 13.0. The molecule has 2 rings (SSSR count). The minimum absolute atomic E-state index is 0.0672. The Morgan fingerprint density at radius 2 is 1.80 bits per heavy atom. The van der Waals surface area contributed by atoms with Gasteiger partial charge in [0.05, 0.1) is 11.3 Å². The minimum atomic E-state index is -4.63. The van der Waals surface area contributed by atoms with Crippen molar-refractivity contribution >= 4 is 39.1 Å². The van der Waals surface area contributed by atoms with Gasteiger partial charge in [0.25, 0.3) is 5.91 Å². The number of hydrogen-bond donors (Lipinski definition) is 1. The molecule has 0 fully saturated rings. The summed E-state index contributed by atoms with van der Waals surface area (Å²) in [6.45, 7) is 3.32. The summed E-state index contributed by atoms with van der Waals surface area (Å²) >= 11 is 9.02. The van der Waals surface area contributed by atoms with E-state index in [1.54, 1.807) is 12.1 Å². The van der Waals surface area contributed by atoms with Crippen LogP contribution in [-0.4, -0.2) is 12.5 Å². The van der Waals surface area contributed by atoms with Gasteiger partial charge in [-0.25, -0.2) is 0 Å². The highest BCUT2D eigenvalue weighted by Crippen LogP contribution is 2.36. The van der Waals surface area contributed by atoms with Gasteiger partial charge in [-0.3, -0.25) is 4.79 Å². The molecule has 0 bridgehead atoms. The maximum atomic E-state index is 13.0. The van der Waals surface area contributed by atoms with Crippen LogP contribution in [0.15, 0.2) is 34.8 Å². The van der Waals surface area contributed by atoms with E-state index in [9.17, 15) is 18.0 Å². The summed E-state index contributed by atoms with van der Waals surface area (Å²) in [5.74, 6) is -0.244. The number of amides is 1. The first-order valence-corrected chi connectivity index (χ1v) is 8.31. The molecule has 8 heteroatoms. The molecule has 0 spiro atoms. The van der Waals surface area contributed by atoms with Crippen LogP contribution in [-0.2, 0) is 11.0 Å². The normalized spacial score (nSPS) is 11.3. The molecule has 0 aliphatic rings. The van der Waals surface area contributed by atoms with Gasteiger partial charge in [-0.15, -0.1) is 0 Å². The highest BCUT2D eigenvalue weighted by atomic mass is 79.9. The monoisotopic (exact) mass is 435 g/mol. The summed E-state index contributed by atoms with van der Waals surface area (Å²) in [4.78, 5) is 11.9. The number of carbonyl (C=O) groups is 1. The second kappa shape index (κ2) is 7.66. The highest BCUT2D eigenvalue weighted by molar-refractivity contribution is 9.10. The Morgan fingerprint density at radius 3 is 2.36 bits per heavy atom. The molecular formula is C17H14BrClF3NO2. The van der Waals surface area contributed by atoms with E-state index in [0.29, 0.717) is 5.75 Å². The molecule has 25 heavy (non-hydrogen) atoms. The number of halogens is 5. The molecule has 3 nitrogen and oxygen atoms in total. The predicted octanol–water partition coefficient (Wildman–Crippen LogP) is 5.76. The molecule has 2 aromatic rings. The molecule has 0 atom stereocenters. The Labute approximate surface area is 156 Å². The van der Waals surface area contributed by atoms with Crippen LogP contribution in [0.25, 0.3) is 0 Å². The Bertz CT molecular complexity index is 786. The van der Waals surface area contributed by atoms with Crippen LogP contribution in [0.5, 0.6) is 5.75 Å². The van der Waals surface area contributed by atoms with Gasteiger partial charge in [-0.2, -0.15) is 13.2 Å².